The Hall–Kier alpha value is -1.95. The lowest BCUT2D eigenvalue weighted by atomic mass is 10.1. The number of hydrogen-bond acceptors (Lipinski definition) is 5. The zero-order valence-electron chi connectivity index (χ0n) is 9.52. The standard InChI is InChI=1S/C11H12N4OS/c1-6-3-4-8(5-7(6)2)9(16)13-11-15-14-10(12)17-11/h3-5H,1-2H3,(H2,12,14)(H,13,15,16). The number of carbonyl (C=O) groups excluding carboxylic acids is 1. The number of nitrogen functional groups attached to an aromatic ring is 1. The third kappa shape index (κ3) is 2.59. The number of nitrogens with one attached hydrogen (secondary N) is 1. The molecule has 0 saturated heterocycles. The first-order chi connectivity index (χ1) is 8.06. The van der Waals surface area contributed by atoms with E-state index in [1.807, 2.05) is 26.0 Å². The zero-order chi connectivity index (χ0) is 12.4. The van der Waals surface area contributed by atoms with Crippen molar-refractivity contribution in [1.29, 1.82) is 0 Å². The zero-order valence-corrected chi connectivity index (χ0v) is 10.3. The third-order valence-electron chi connectivity index (χ3n) is 2.43. The molecule has 2 aromatic rings. The van der Waals surface area contributed by atoms with Gasteiger partial charge in [0.2, 0.25) is 10.3 Å². The van der Waals surface area contributed by atoms with Crippen LogP contribution >= 0.6 is 11.3 Å². The summed E-state index contributed by atoms with van der Waals surface area (Å²) in [5, 5.41) is 10.8. The largest absolute Gasteiger partial charge is 0.374 e. The van der Waals surface area contributed by atoms with E-state index in [4.69, 9.17) is 5.73 Å². The van der Waals surface area contributed by atoms with E-state index in [9.17, 15) is 4.79 Å². The molecule has 0 atom stereocenters. The fraction of sp³-hybridized carbons (Fsp3) is 0.182. The number of rotatable bonds is 2. The van der Waals surface area contributed by atoms with Crippen LogP contribution in [0.3, 0.4) is 0 Å². The molecule has 0 radical (unpaired) electrons. The quantitative estimate of drug-likeness (QED) is 0.851. The summed E-state index contributed by atoms with van der Waals surface area (Å²) < 4.78 is 0. The van der Waals surface area contributed by atoms with Crippen LogP contribution in [0.1, 0.15) is 21.5 Å². The number of nitrogens with two attached hydrogens (primary N) is 1. The number of anilines is 2. The van der Waals surface area contributed by atoms with Crippen molar-refractivity contribution in [3.05, 3.63) is 34.9 Å². The van der Waals surface area contributed by atoms with E-state index in [1.54, 1.807) is 6.07 Å². The average molecular weight is 248 g/mol. The van der Waals surface area contributed by atoms with Crippen LogP contribution in [0.25, 0.3) is 0 Å². The summed E-state index contributed by atoms with van der Waals surface area (Å²) in [6.07, 6.45) is 0. The number of benzene rings is 1. The molecule has 88 valence electrons. The highest BCUT2D eigenvalue weighted by Crippen LogP contribution is 2.18. The lowest BCUT2D eigenvalue weighted by molar-refractivity contribution is 0.102. The van der Waals surface area contributed by atoms with E-state index in [-0.39, 0.29) is 5.91 Å². The molecule has 0 aliphatic carbocycles. The molecule has 0 unspecified atom stereocenters. The Labute approximate surface area is 103 Å². The Morgan fingerprint density at radius 3 is 2.65 bits per heavy atom. The predicted molar refractivity (Wildman–Crippen MR) is 68.2 cm³/mol. The van der Waals surface area contributed by atoms with Crippen molar-refractivity contribution < 1.29 is 4.79 Å². The summed E-state index contributed by atoms with van der Waals surface area (Å²) in [6.45, 7) is 3.97. The Bertz CT molecular complexity index is 564. The molecule has 0 bridgehead atoms. The van der Waals surface area contributed by atoms with Crippen molar-refractivity contribution in [1.82, 2.24) is 10.2 Å². The van der Waals surface area contributed by atoms with Gasteiger partial charge < -0.3 is 5.73 Å². The number of nitrogens with zero attached hydrogens (tertiary/aromatic N) is 2. The van der Waals surface area contributed by atoms with E-state index >= 15 is 0 Å². The van der Waals surface area contributed by atoms with Gasteiger partial charge in [-0.15, -0.1) is 10.2 Å². The van der Waals surface area contributed by atoms with Gasteiger partial charge in [0.25, 0.3) is 5.91 Å². The van der Waals surface area contributed by atoms with Crippen LogP contribution in [0.15, 0.2) is 18.2 Å². The van der Waals surface area contributed by atoms with Gasteiger partial charge in [-0.25, -0.2) is 0 Å². The highest BCUT2D eigenvalue weighted by molar-refractivity contribution is 7.19. The number of carbonyl (C=O) groups is 1. The smallest absolute Gasteiger partial charge is 0.257 e. The number of hydrogen-bond donors (Lipinski definition) is 2. The van der Waals surface area contributed by atoms with E-state index in [2.05, 4.69) is 15.5 Å². The molecule has 5 nitrogen and oxygen atoms in total. The Morgan fingerprint density at radius 2 is 2.06 bits per heavy atom. The maximum atomic E-state index is 11.9. The van der Waals surface area contributed by atoms with Crippen LogP contribution in [-0.4, -0.2) is 16.1 Å². The summed E-state index contributed by atoms with van der Waals surface area (Å²) in [5.41, 5.74) is 8.26. The van der Waals surface area contributed by atoms with Gasteiger partial charge in [0.1, 0.15) is 0 Å². The van der Waals surface area contributed by atoms with Crippen molar-refractivity contribution in [3.8, 4) is 0 Å². The summed E-state index contributed by atoms with van der Waals surface area (Å²) in [5.74, 6) is -0.204. The fourth-order valence-electron chi connectivity index (χ4n) is 1.34. The molecule has 0 aliphatic heterocycles. The topological polar surface area (TPSA) is 80.9 Å². The number of aryl methyl sites for hydroxylation is 2. The second-order valence-corrected chi connectivity index (χ2v) is 4.71. The molecule has 0 spiro atoms. The van der Waals surface area contributed by atoms with Crippen LogP contribution in [0, 0.1) is 13.8 Å². The second-order valence-electron chi connectivity index (χ2n) is 3.70. The van der Waals surface area contributed by atoms with Crippen LogP contribution < -0.4 is 11.1 Å². The Kier molecular flexibility index (Phi) is 3.06. The highest BCUT2D eigenvalue weighted by atomic mass is 32.1. The Morgan fingerprint density at radius 1 is 1.29 bits per heavy atom. The number of aromatic nitrogens is 2. The lowest BCUT2D eigenvalue weighted by Gasteiger charge is -2.04. The lowest BCUT2D eigenvalue weighted by Crippen LogP contribution is -2.12. The molecule has 1 amide bonds. The molecule has 0 fully saturated rings. The van der Waals surface area contributed by atoms with E-state index in [0.29, 0.717) is 15.8 Å². The minimum atomic E-state index is -0.204. The van der Waals surface area contributed by atoms with Gasteiger partial charge in [-0.1, -0.05) is 17.4 Å². The van der Waals surface area contributed by atoms with Crippen LogP contribution in [0.5, 0.6) is 0 Å². The highest BCUT2D eigenvalue weighted by Gasteiger charge is 2.09. The minimum absolute atomic E-state index is 0.204. The summed E-state index contributed by atoms with van der Waals surface area (Å²) in [6, 6.07) is 5.54. The molecule has 6 heteroatoms. The van der Waals surface area contributed by atoms with Gasteiger partial charge in [-0.05, 0) is 37.1 Å². The second kappa shape index (κ2) is 4.50. The van der Waals surface area contributed by atoms with Gasteiger partial charge in [0.05, 0.1) is 0 Å². The molecule has 3 N–H and O–H groups in total. The van der Waals surface area contributed by atoms with E-state index < -0.39 is 0 Å². The normalized spacial score (nSPS) is 10.2. The van der Waals surface area contributed by atoms with Crippen molar-refractivity contribution in [2.45, 2.75) is 13.8 Å². The van der Waals surface area contributed by atoms with Crippen molar-refractivity contribution in [2.75, 3.05) is 11.1 Å². The van der Waals surface area contributed by atoms with Gasteiger partial charge in [0, 0.05) is 5.56 Å². The summed E-state index contributed by atoms with van der Waals surface area (Å²) in [4.78, 5) is 11.9. The van der Waals surface area contributed by atoms with Gasteiger partial charge in [0.15, 0.2) is 0 Å². The maximum Gasteiger partial charge on any atom is 0.257 e. The molecule has 0 saturated carbocycles. The minimum Gasteiger partial charge on any atom is -0.374 e. The molecule has 1 aromatic carbocycles. The Balaban J connectivity index is 2.17. The monoisotopic (exact) mass is 248 g/mol. The molecule has 1 aromatic heterocycles. The summed E-state index contributed by atoms with van der Waals surface area (Å²) >= 11 is 1.14. The van der Waals surface area contributed by atoms with Crippen LogP contribution in [0.2, 0.25) is 0 Å². The SMILES string of the molecule is Cc1ccc(C(=O)Nc2nnc(N)s2)cc1C. The predicted octanol–water partition coefficient (Wildman–Crippen LogP) is 1.99. The van der Waals surface area contributed by atoms with E-state index in [0.717, 1.165) is 22.5 Å². The third-order valence-corrected chi connectivity index (χ3v) is 3.10. The molecule has 17 heavy (non-hydrogen) atoms. The average Bonchev–Trinajstić information content (AvgIpc) is 2.68. The molecular weight excluding hydrogens is 236 g/mol. The van der Waals surface area contributed by atoms with Crippen LogP contribution in [-0.2, 0) is 0 Å². The van der Waals surface area contributed by atoms with Gasteiger partial charge in [-0.2, -0.15) is 0 Å². The van der Waals surface area contributed by atoms with Crippen molar-refractivity contribution in [2.24, 2.45) is 0 Å². The van der Waals surface area contributed by atoms with Crippen LogP contribution in [0.4, 0.5) is 10.3 Å². The summed E-state index contributed by atoms with van der Waals surface area (Å²) in [7, 11) is 0. The van der Waals surface area contributed by atoms with Crippen molar-refractivity contribution in [3.63, 3.8) is 0 Å². The first kappa shape index (κ1) is 11.5. The molecular formula is C11H12N4OS. The van der Waals surface area contributed by atoms with Crippen molar-refractivity contribution >= 4 is 27.5 Å². The first-order valence-corrected chi connectivity index (χ1v) is 5.85. The number of amides is 1. The first-order valence-electron chi connectivity index (χ1n) is 5.04. The van der Waals surface area contributed by atoms with Gasteiger partial charge in [-0.3, -0.25) is 10.1 Å². The van der Waals surface area contributed by atoms with E-state index in [1.165, 1.54) is 0 Å². The molecule has 1 heterocycles. The fourth-order valence-corrected chi connectivity index (χ4v) is 1.84. The maximum absolute atomic E-state index is 11.9. The molecule has 0 aliphatic rings. The molecule has 2 rings (SSSR count). The van der Waals surface area contributed by atoms with Gasteiger partial charge >= 0.3 is 0 Å².